The number of carbonyl (C=O) groups is 2. The van der Waals surface area contributed by atoms with Gasteiger partial charge in [-0.3, -0.25) is 9.59 Å². The average Bonchev–Trinajstić information content (AvgIpc) is 2.63. The molecular weight excluding hydrogens is 349 g/mol. The van der Waals surface area contributed by atoms with Crippen molar-refractivity contribution in [3.8, 4) is 0 Å². The van der Waals surface area contributed by atoms with Gasteiger partial charge in [-0.25, -0.2) is 22.0 Å². The Labute approximate surface area is 140 Å². The number of piperidine rings is 1. The van der Waals surface area contributed by atoms with Crippen LogP contribution in [0.15, 0.2) is 0 Å². The normalized spacial score (nSPS) is 15.4. The van der Waals surface area contributed by atoms with E-state index in [1.54, 1.807) is 0 Å². The van der Waals surface area contributed by atoms with E-state index in [2.05, 4.69) is 0 Å². The summed E-state index contributed by atoms with van der Waals surface area (Å²) in [4.78, 5) is 24.9. The summed E-state index contributed by atoms with van der Waals surface area (Å²) in [5.41, 5.74) is -1.48. The SMILES string of the molecule is CCCOC(=O)C1CCN(C(=O)c2c(F)c(F)c(F)c(F)c2F)CC1. The number of ether oxygens (including phenoxy) is 1. The summed E-state index contributed by atoms with van der Waals surface area (Å²) in [6, 6.07) is 0. The molecule has 0 aromatic heterocycles. The Bertz CT molecular complexity index is 658. The van der Waals surface area contributed by atoms with Crippen molar-refractivity contribution >= 4 is 11.9 Å². The van der Waals surface area contributed by atoms with Crippen LogP contribution in [0.1, 0.15) is 36.5 Å². The van der Waals surface area contributed by atoms with Gasteiger partial charge in [0.2, 0.25) is 5.82 Å². The first-order chi connectivity index (χ1) is 11.8. The van der Waals surface area contributed by atoms with Crippen LogP contribution in [0.25, 0.3) is 0 Å². The van der Waals surface area contributed by atoms with E-state index >= 15 is 0 Å². The van der Waals surface area contributed by atoms with E-state index in [-0.39, 0.29) is 32.5 Å². The molecular formula is C16H16F5NO3. The van der Waals surface area contributed by atoms with Crippen LogP contribution in [0.2, 0.25) is 0 Å². The van der Waals surface area contributed by atoms with Crippen LogP contribution in [0.4, 0.5) is 22.0 Å². The topological polar surface area (TPSA) is 46.6 Å². The predicted molar refractivity (Wildman–Crippen MR) is 76.1 cm³/mol. The summed E-state index contributed by atoms with van der Waals surface area (Å²) in [7, 11) is 0. The Morgan fingerprint density at radius 1 is 0.960 bits per heavy atom. The van der Waals surface area contributed by atoms with Crippen molar-refractivity contribution in [3.63, 3.8) is 0 Å². The number of amides is 1. The van der Waals surface area contributed by atoms with Gasteiger partial charge in [0.05, 0.1) is 12.5 Å². The van der Waals surface area contributed by atoms with Crippen molar-refractivity contribution in [1.29, 1.82) is 0 Å². The largest absolute Gasteiger partial charge is 0.465 e. The van der Waals surface area contributed by atoms with Crippen LogP contribution >= 0.6 is 0 Å². The smallest absolute Gasteiger partial charge is 0.309 e. The van der Waals surface area contributed by atoms with E-state index in [4.69, 9.17) is 4.74 Å². The van der Waals surface area contributed by atoms with Crippen LogP contribution in [0.5, 0.6) is 0 Å². The quantitative estimate of drug-likeness (QED) is 0.356. The summed E-state index contributed by atoms with van der Waals surface area (Å²) in [5, 5.41) is 0. The maximum absolute atomic E-state index is 13.7. The third-order valence-corrected chi connectivity index (χ3v) is 3.99. The molecule has 0 saturated carbocycles. The highest BCUT2D eigenvalue weighted by Gasteiger charge is 2.34. The first-order valence-electron chi connectivity index (χ1n) is 7.76. The second kappa shape index (κ2) is 7.79. The van der Waals surface area contributed by atoms with E-state index in [1.165, 1.54) is 0 Å². The summed E-state index contributed by atoms with van der Waals surface area (Å²) < 4.78 is 71.9. The third kappa shape index (κ3) is 3.74. The minimum atomic E-state index is -2.32. The number of halogens is 5. The van der Waals surface area contributed by atoms with Gasteiger partial charge < -0.3 is 9.64 Å². The molecule has 0 radical (unpaired) electrons. The lowest BCUT2D eigenvalue weighted by atomic mass is 9.96. The molecule has 1 fully saturated rings. The summed E-state index contributed by atoms with van der Waals surface area (Å²) in [6.07, 6.45) is 1.02. The minimum Gasteiger partial charge on any atom is -0.465 e. The van der Waals surface area contributed by atoms with Gasteiger partial charge in [-0.1, -0.05) is 6.92 Å². The molecule has 138 valence electrons. The molecule has 1 aromatic rings. The van der Waals surface area contributed by atoms with Gasteiger partial charge in [-0.2, -0.15) is 0 Å². The van der Waals surface area contributed by atoms with Crippen molar-refractivity contribution in [2.45, 2.75) is 26.2 Å². The predicted octanol–water partition coefficient (Wildman–Crippen LogP) is 3.19. The lowest BCUT2D eigenvalue weighted by Gasteiger charge is -2.31. The Morgan fingerprint density at radius 2 is 1.44 bits per heavy atom. The Balaban J connectivity index is 2.13. The maximum atomic E-state index is 13.7. The number of carbonyl (C=O) groups excluding carboxylic acids is 2. The Kier molecular flexibility index (Phi) is 5.97. The molecule has 1 aliphatic rings. The van der Waals surface area contributed by atoms with E-state index in [9.17, 15) is 31.5 Å². The van der Waals surface area contributed by atoms with E-state index in [0.717, 1.165) is 4.90 Å². The van der Waals surface area contributed by atoms with Gasteiger partial charge in [0.25, 0.3) is 5.91 Å². The molecule has 4 nitrogen and oxygen atoms in total. The van der Waals surface area contributed by atoms with Crippen LogP contribution < -0.4 is 0 Å². The van der Waals surface area contributed by atoms with Gasteiger partial charge in [0, 0.05) is 13.1 Å². The summed E-state index contributed by atoms with van der Waals surface area (Å²) in [6.45, 7) is 2.00. The number of esters is 1. The van der Waals surface area contributed by atoms with Gasteiger partial charge >= 0.3 is 5.97 Å². The zero-order valence-corrected chi connectivity index (χ0v) is 13.4. The van der Waals surface area contributed by atoms with Crippen LogP contribution in [-0.2, 0) is 9.53 Å². The molecule has 25 heavy (non-hydrogen) atoms. The second-order valence-electron chi connectivity index (χ2n) is 5.68. The van der Waals surface area contributed by atoms with Crippen LogP contribution in [0.3, 0.4) is 0 Å². The molecule has 0 aliphatic carbocycles. The number of benzene rings is 1. The van der Waals surface area contributed by atoms with Crippen molar-refractivity contribution in [1.82, 2.24) is 4.90 Å². The maximum Gasteiger partial charge on any atom is 0.309 e. The fourth-order valence-corrected chi connectivity index (χ4v) is 2.59. The second-order valence-corrected chi connectivity index (χ2v) is 5.68. The third-order valence-electron chi connectivity index (χ3n) is 3.99. The van der Waals surface area contributed by atoms with Crippen molar-refractivity contribution in [2.24, 2.45) is 5.92 Å². The van der Waals surface area contributed by atoms with Crippen LogP contribution in [-0.4, -0.2) is 36.5 Å². The lowest BCUT2D eigenvalue weighted by Crippen LogP contribution is -2.41. The molecule has 1 aliphatic heterocycles. The molecule has 0 bridgehead atoms. The van der Waals surface area contributed by atoms with Crippen molar-refractivity contribution in [3.05, 3.63) is 34.6 Å². The zero-order chi connectivity index (χ0) is 18.7. The number of likely N-dealkylation sites (tertiary alicyclic amines) is 1. The molecule has 1 amide bonds. The molecule has 0 unspecified atom stereocenters. The number of rotatable bonds is 4. The summed E-state index contributed by atoms with van der Waals surface area (Å²) in [5.74, 6) is -13.2. The number of hydrogen-bond acceptors (Lipinski definition) is 3. The monoisotopic (exact) mass is 365 g/mol. The van der Waals surface area contributed by atoms with E-state index < -0.39 is 52.4 Å². The first-order valence-corrected chi connectivity index (χ1v) is 7.76. The number of nitrogens with zero attached hydrogens (tertiary/aromatic N) is 1. The molecule has 1 saturated heterocycles. The van der Waals surface area contributed by atoms with Gasteiger partial charge in [0.1, 0.15) is 5.56 Å². The molecule has 0 atom stereocenters. The molecule has 2 rings (SSSR count). The number of hydrogen-bond donors (Lipinski definition) is 0. The molecule has 0 spiro atoms. The van der Waals surface area contributed by atoms with Crippen molar-refractivity contribution in [2.75, 3.05) is 19.7 Å². The van der Waals surface area contributed by atoms with E-state index in [0.29, 0.717) is 6.42 Å². The van der Waals surface area contributed by atoms with Crippen molar-refractivity contribution < 1.29 is 36.3 Å². The zero-order valence-electron chi connectivity index (χ0n) is 13.4. The standard InChI is InChI=1S/C16H16F5NO3/c1-2-7-25-16(24)8-3-5-22(6-4-8)15(23)9-10(17)12(19)14(21)13(20)11(9)18/h8H,2-7H2,1H3. The fourth-order valence-electron chi connectivity index (χ4n) is 2.59. The highest BCUT2D eigenvalue weighted by Crippen LogP contribution is 2.26. The molecule has 9 heteroatoms. The Morgan fingerprint density at radius 3 is 1.92 bits per heavy atom. The highest BCUT2D eigenvalue weighted by molar-refractivity contribution is 5.95. The first kappa shape index (κ1) is 19.1. The fraction of sp³-hybridized carbons (Fsp3) is 0.500. The lowest BCUT2D eigenvalue weighted by molar-refractivity contribution is -0.150. The summed E-state index contributed by atoms with van der Waals surface area (Å²) >= 11 is 0. The average molecular weight is 365 g/mol. The molecule has 1 aromatic carbocycles. The molecule has 0 N–H and O–H groups in total. The minimum absolute atomic E-state index is 0.0514. The van der Waals surface area contributed by atoms with Gasteiger partial charge in [-0.15, -0.1) is 0 Å². The van der Waals surface area contributed by atoms with Gasteiger partial charge in [0.15, 0.2) is 23.3 Å². The van der Waals surface area contributed by atoms with Gasteiger partial charge in [-0.05, 0) is 19.3 Å². The van der Waals surface area contributed by atoms with E-state index in [1.807, 2.05) is 6.92 Å². The highest BCUT2D eigenvalue weighted by atomic mass is 19.2. The van der Waals surface area contributed by atoms with Crippen LogP contribution in [0, 0.1) is 35.0 Å². The molecule has 1 heterocycles. The Hall–Kier alpha value is -2.19.